The maximum absolute atomic E-state index is 13.1. The van der Waals surface area contributed by atoms with Crippen molar-refractivity contribution in [1.82, 2.24) is 5.32 Å². The molecule has 1 aliphatic carbocycles. The number of hydrogen-bond acceptors (Lipinski definition) is 2. The molecule has 1 aromatic carbocycles. The van der Waals surface area contributed by atoms with E-state index in [0.29, 0.717) is 17.1 Å². The third kappa shape index (κ3) is 2.34. The molecular formula is C15H19F2NO. The minimum absolute atomic E-state index is 0.132. The molecule has 0 atom stereocenters. The maximum Gasteiger partial charge on any atom is 0.264 e. The van der Waals surface area contributed by atoms with E-state index in [1.54, 1.807) is 12.1 Å². The van der Waals surface area contributed by atoms with Crippen molar-refractivity contribution in [2.45, 2.75) is 25.7 Å². The summed E-state index contributed by atoms with van der Waals surface area (Å²) >= 11 is 0. The molecule has 2 fully saturated rings. The predicted molar refractivity (Wildman–Crippen MR) is 69.7 cm³/mol. The highest BCUT2D eigenvalue weighted by Gasteiger charge is 2.48. The monoisotopic (exact) mass is 267 g/mol. The van der Waals surface area contributed by atoms with Crippen LogP contribution in [0.1, 0.15) is 30.4 Å². The molecule has 4 heteroatoms. The van der Waals surface area contributed by atoms with Gasteiger partial charge in [0.2, 0.25) is 0 Å². The van der Waals surface area contributed by atoms with E-state index < -0.39 is 6.43 Å². The van der Waals surface area contributed by atoms with E-state index in [1.165, 1.54) is 26.0 Å². The lowest BCUT2D eigenvalue weighted by Gasteiger charge is -2.54. The average Bonchev–Trinajstić information content (AvgIpc) is 2.30. The molecule has 0 amide bonds. The lowest BCUT2D eigenvalue weighted by molar-refractivity contribution is 0.000510. The van der Waals surface area contributed by atoms with Crippen molar-refractivity contribution in [3.05, 3.63) is 29.3 Å². The first-order valence-corrected chi connectivity index (χ1v) is 6.78. The highest BCUT2D eigenvalue weighted by molar-refractivity contribution is 5.37. The Morgan fingerprint density at radius 2 is 2.11 bits per heavy atom. The van der Waals surface area contributed by atoms with Crippen LogP contribution in [-0.2, 0) is 6.42 Å². The highest BCUT2D eigenvalue weighted by Crippen LogP contribution is 2.50. The van der Waals surface area contributed by atoms with Gasteiger partial charge in [-0.3, -0.25) is 0 Å². The summed E-state index contributed by atoms with van der Waals surface area (Å²) in [5.74, 6) is 1.07. The van der Waals surface area contributed by atoms with Gasteiger partial charge in [0.1, 0.15) is 5.75 Å². The Kier molecular flexibility index (Phi) is 3.21. The molecule has 3 rings (SSSR count). The summed E-state index contributed by atoms with van der Waals surface area (Å²) in [4.78, 5) is 0. The summed E-state index contributed by atoms with van der Waals surface area (Å²) in [7, 11) is 1.50. The molecule has 2 aliphatic rings. The van der Waals surface area contributed by atoms with Gasteiger partial charge >= 0.3 is 0 Å². The van der Waals surface area contributed by atoms with E-state index in [-0.39, 0.29) is 5.56 Å². The predicted octanol–water partition coefficient (Wildman–Crippen LogP) is 3.17. The lowest BCUT2D eigenvalue weighted by atomic mass is 9.57. The number of nitrogens with one attached hydrogen (secondary N) is 1. The van der Waals surface area contributed by atoms with Crippen LogP contribution < -0.4 is 10.1 Å². The summed E-state index contributed by atoms with van der Waals surface area (Å²) in [5.41, 5.74) is 1.41. The summed E-state index contributed by atoms with van der Waals surface area (Å²) in [6.07, 6.45) is 0.693. The number of rotatable bonds is 4. The Morgan fingerprint density at radius 1 is 1.37 bits per heavy atom. The fourth-order valence-corrected chi connectivity index (χ4v) is 3.48. The van der Waals surface area contributed by atoms with Gasteiger partial charge in [0.05, 0.1) is 7.11 Å². The van der Waals surface area contributed by atoms with Gasteiger partial charge in [-0.25, -0.2) is 8.78 Å². The number of halogens is 2. The topological polar surface area (TPSA) is 21.3 Å². The molecule has 0 unspecified atom stereocenters. The molecule has 1 heterocycles. The smallest absolute Gasteiger partial charge is 0.264 e. The van der Waals surface area contributed by atoms with E-state index in [4.69, 9.17) is 4.74 Å². The standard InChI is InChI=1S/C15H19F2NO/c1-19-12-3-2-11(13(5-12)14(16)17)4-10-6-15(7-10)8-18-9-15/h2-3,5,10,14,18H,4,6-9H2,1H3. The molecule has 104 valence electrons. The van der Waals surface area contributed by atoms with Crippen LogP contribution in [0.25, 0.3) is 0 Å². The minimum Gasteiger partial charge on any atom is -0.497 e. The molecule has 1 saturated carbocycles. The average molecular weight is 267 g/mol. The first-order valence-electron chi connectivity index (χ1n) is 6.78. The Bertz CT molecular complexity index is 463. The zero-order valence-electron chi connectivity index (χ0n) is 11.1. The molecule has 0 aromatic heterocycles. The Labute approximate surface area is 112 Å². The fourth-order valence-electron chi connectivity index (χ4n) is 3.48. The van der Waals surface area contributed by atoms with Crippen molar-refractivity contribution >= 4 is 0 Å². The van der Waals surface area contributed by atoms with Gasteiger partial charge in [-0.2, -0.15) is 0 Å². The quantitative estimate of drug-likeness (QED) is 0.904. The third-order valence-electron chi connectivity index (χ3n) is 4.54. The third-order valence-corrected chi connectivity index (χ3v) is 4.54. The summed E-state index contributed by atoms with van der Waals surface area (Å²) < 4.78 is 31.2. The van der Waals surface area contributed by atoms with Crippen LogP contribution in [0, 0.1) is 11.3 Å². The van der Waals surface area contributed by atoms with Crippen molar-refractivity contribution in [2.24, 2.45) is 11.3 Å². The molecule has 0 radical (unpaired) electrons. The molecule has 1 aliphatic heterocycles. The van der Waals surface area contributed by atoms with Gasteiger partial charge in [0, 0.05) is 18.7 Å². The SMILES string of the molecule is COc1ccc(CC2CC3(CNC3)C2)c(C(F)F)c1. The molecular weight excluding hydrogens is 248 g/mol. The molecule has 1 N–H and O–H groups in total. The van der Waals surface area contributed by atoms with Crippen LogP contribution in [0.5, 0.6) is 5.75 Å². The van der Waals surface area contributed by atoms with E-state index in [9.17, 15) is 8.78 Å². The van der Waals surface area contributed by atoms with Crippen LogP contribution in [0.3, 0.4) is 0 Å². The summed E-state index contributed by atoms with van der Waals surface area (Å²) in [6.45, 7) is 2.21. The second kappa shape index (κ2) is 4.75. The summed E-state index contributed by atoms with van der Waals surface area (Å²) in [5, 5.41) is 3.30. The number of alkyl halides is 2. The molecule has 1 saturated heterocycles. The van der Waals surface area contributed by atoms with Gasteiger partial charge in [-0.15, -0.1) is 0 Å². The second-order valence-corrected chi connectivity index (χ2v) is 5.95. The lowest BCUT2D eigenvalue weighted by Crippen LogP contribution is -2.60. The van der Waals surface area contributed by atoms with Crippen molar-refractivity contribution in [2.75, 3.05) is 20.2 Å². The van der Waals surface area contributed by atoms with Gasteiger partial charge < -0.3 is 10.1 Å². The molecule has 0 bridgehead atoms. The second-order valence-electron chi connectivity index (χ2n) is 5.95. The van der Waals surface area contributed by atoms with Crippen LogP contribution in [0.2, 0.25) is 0 Å². The molecule has 2 nitrogen and oxygen atoms in total. The fraction of sp³-hybridized carbons (Fsp3) is 0.600. The number of hydrogen-bond donors (Lipinski definition) is 1. The molecule has 1 spiro atoms. The maximum atomic E-state index is 13.1. The Hall–Kier alpha value is -1.16. The van der Waals surface area contributed by atoms with Gasteiger partial charge in [-0.1, -0.05) is 6.07 Å². The van der Waals surface area contributed by atoms with Gasteiger partial charge in [-0.05, 0) is 48.3 Å². The number of methoxy groups -OCH3 is 1. The van der Waals surface area contributed by atoms with Crippen LogP contribution in [-0.4, -0.2) is 20.2 Å². The Morgan fingerprint density at radius 3 is 2.63 bits per heavy atom. The van der Waals surface area contributed by atoms with Crippen molar-refractivity contribution < 1.29 is 13.5 Å². The van der Waals surface area contributed by atoms with E-state index >= 15 is 0 Å². The minimum atomic E-state index is -2.43. The number of benzene rings is 1. The summed E-state index contributed by atoms with van der Waals surface area (Å²) in [6, 6.07) is 5.05. The number of ether oxygens (including phenoxy) is 1. The van der Waals surface area contributed by atoms with Crippen molar-refractivity contribution in [3.63, 3.8) is 0 Å². The first-order chi connectivity index (χ1) is 9.12. The van der Waals surface area contributed by atoms with Gasteiger partial charge in [0.15, 0.2) is 0 Å². The van der Waals surface area contributed by atoms with E-state index in [1.807, 2.05) is 0 Å². The largest absolute Gasteiger partial charge is 0.497 e. The first kappa shape index (κ1) is 12.9. The van der Waals surface area contributed by atoms with Crippen molar-refractivity contribution in [1.29, 1.82) is 0 Å². The van der Waals surface area contributed by atoms with E-state index in [0.717, 1.165) is 25.1 Å². The Balaban J connectivity index is 1.70. The molecule has 19 heavy (non-hydrogen) atoms. The highest BCUT2D eigenvalue weighted by atomic mass is 19.3. The zero-order chi connectivity index (χ0) is 13.5. The van der Waals surface area contributed by atoms with Crippen LogP contribution in [0.4, 0.5) is 8.78 Å². The molecule has 1 aromatic rings. The van der Waals surface area contributed by atoms with Crippen LogP contribution >= 0.6 is 0 Å². The van der Waals surface area contributed by atoms with Crippen LogP contribution in [0.15, 0.2) is 18.2 Å². The van der Waals surface area contributed by atoms with Gasteiger partial charge in [0.25, 0.3) is 6.43 Å². The zero-order valence-corrected chi connectivity index (χ0v) is 11.1. The normalized spacial score (nSPS) is 21.3. The van der Waals surface area contributed by atoms with E-state index in [2.05, 4.69) is 5.32 Å². The van der Waals surface area contributed by atoms with Crippen molar-refractivity contribution in [3.8, 4) is 5.75 Å².